The number of nitrogens with zero attached hydrogens (tertiary/aromatic N) is 2. The Bertz CT molecular complexity index is 576. The highest BCUT2D eigenvalue weighted by molar-refractivity contribution is 7.19. The van der Waals surface area contributed by atoms with Crippen molar-refractivity contribution in [2.24, 2.45) is 0 Å². The number of rotatable bonds is 2. The molecule has 0 spiro atoms. The Morgan fingerprint density at radius 3 is 2.65 bits per heavy atom. The van der Waals surface area contributed by atoms with Crippen LogP contribution in [0, 0.1) is 0 Å². The van der Waals surface area contributed by atoms with Crippen molar-refractivity contribution >= 4 is 22.5 Å². The maximum atomic E-state index is 12.1. The van der Waals surface area contributed by atoms with Gasteiger partial charge in [0, 0.05) is 19.3 Å². The third-order valence-electron chi connectivity index (χ3n) is 3.42. The van der Waals surface area contributed by atoms with Gasteiger partial charge in [-0.1, -0.05) is 41.7 Å². The first-order valence-electron chi connectivity index (χ1n) is 6.90. The van der Waals surface area contributed by atoms with E-state index < -0.39 is 0 Å². The van der Waals surface area contributed by atoms with E-state index in [1.54, 1.807) is 0 Å². The predicted octanol–water partition coefficient (Wildman–Crippen LogP) is 3.83. The minimum Gasteiger partial charge on any atom is -0.324 e. The van der Waals surface area contributed by atoms with E-state index in [4.69, 9.17) is 0 Å². The zero-order chi connectivity index (χ0) is 13.8. The van der Waals surface area contributed by atoms with Crippen LogP contribution in [0.25, 0.3) is 10.4 Å². The topological polar surface area (TPSA) is 45.2 Å². The van der Waals surface area contributed by atoms with Gasteiger partial charge in [-0.15, -0.1) is 0 Å². The van der Waals surface area contributed by atoms with Crippen molar-refractivity contribution in [3.63, 3.8) is 0 Å². The summed E-state index contributed by atoms with van der Waals surface area (Å²) >= 11 is 1.51. The average Bonchev–Trinajstić information content (AvgIpc) is 2.97. The highest BCUT2D eigenvalue weighted by Gasteiger charge is 2.17. The van der Waals surface area contributed by atoms with Gasteiger partial charge in [0.15, 0.2) is 5.13 Å². The number of hydrogen-bond donors (Lipinski definition) is 1. The third-order valence-corrected chi connectivity index (χ3v) is 4.38. The molecular weight excluding hydrogens is 270 g/mol. The molecule has 1 aliphatic heterocycles. The normalized spacial score (nSPS) is 15.1. The molecule has 0 bridgehead atoms. The molecule has 0 aliphatic carbocycles. The molecule has 0 atom stereocenters. The van der Waals surface area contributed by atoms with E-state index in [0.717, 1.165) is 36.4 Å². The molecule has 20 heavy (non-hydrogen) atoms. The Hall–Kier alpha value is -1.88. The number of aromatic nitrogens is 1. The lowest BCUT2D eigenvalue weighted by Crippen LogP contribution is -2.38. The van der Waals surface area contributed by atoms with Crippen molar-refractivity contribution in [2.75, 3.05) is 18.4 Å². The Morgan fingerprint density at radius 2 is 1.90 bits per heavy atom. The second kappa shape index (κ2) is 6.05. The summed E-state index contributed by atoms with van der Waals surface area (Å²) in [6, 6.07) is 10.1. The molecule has 4 nitrogen and oxygen atoms in total. The van der Waals surface area contributed by atoms with Crippen LogP contribution in [0.1, 0.15) is 19.3 Å². The van der Waals surface area contributed by atoms with Crippen molar-refractivity contribution in [1.29, 1.82) is 0 Å². The lowest BCUT2D eigenvalue weighted by molar-refractivity contribution is 0.200. The second-order valence-electron chi connectivity index (χ2n) is 4.87. The monoisotopic (exact) mass is 287 g/mol. The van der Waals surface area contributed by atoms with E-state index in [1.807, 2.05) is 41.4 Å². The minimum absolute atomic E-state index is 0.0290. The molecular formula is C15H17N3OS. The average molecular weight is 287 g/mol. The molecule has 2 heterocycles. The van der Waals surface area contributed by atoms with Crippen LogP contribution >= 0.6 is 11.3 Å². The SMILES string of the molecule is O=C(Nc1ncc(-c2ccccc2)s1)N1CCCCC1. The van der Waals surface area contributed by atoms with E-state index in [9.17, 15) is 4.79 Å². The predicted molar refractivity (Wildman–Crippen MR) is 82.0 cm³/mol. The second-order valence-corrected chi connectivity index (χ2v) is 5.90. The van der Waals surface area contributed by atoms with Crippen LogP contribution in [0.5, 0.6) is 0 Å². The standard InChI is InChI=1S/C15H17N3OS/c19-15(18-9-5-2-6-10-18)17-14-16-11-13(20-14)12-7-3-1-4-8-12/h1,3-4,7-8,11H,2,5-6,9-10H2,(H,16,17,19). The summed E-state index contributed by atoms with van der Waals surface area (Å²) in [7, 11) is 0. The molecule has 2 aromatic rings. The lowest BCUT2D eigenvalue weighted by Gasteiger charge is -2.26. The fourth-order valence-corrected chi connectivity index (χ4v) is 3.15. The summed E-state index contributed by atoms with van der Waals surface area (Å²) in [5.41, 5.74) is 1.13. The van der Waals surface area contributed by atoms with E-state index in [1.165, 1.54) is 17.8 Å². The van der Waals surface area contributed by atoms with Gasteiger partial charge in [-0.05, 0) is 24.8 Å². The van der Waals surface area contributed by atoms with Gasteiger partial charge < -0.3 is 4.90 Å². The largest absolute Gasteiger partial charge is 0.324 e. The van der Waals surface area contributed by atoms with Crippen molar-refractivity contribution < 1.29 is 4.79 Å². The lowest BCUT2D eigenvalue weighted by atomic mass is 10.1. The first-order valence-corrected chi connectivity index (χ1v) is 7.72. The molecule has 1 aliphatic rings. The molecule has 0 unspecified atom stereocenters. The number of likely N-dealkylation sites (tertiary alicyclic amines) is 1. The highest BCUT2D eigenvalue weighted by Crippen LogP contribution is 2.28. The first kappa shape index (κ1) is 13.1. The molecule has 1 aromatic heterocycles. The van der Waals surface area contributed by atoms with Crippen LogP contribution in [-0.4, -0.2) is 29.0 Å². The highest BCUT2D eigenvalue weighted by atomic mass is 32.1. The van der Waals surface area contributed by atoms with Crippen molar-refractivity contribution in [3.8, 4) is 10.4 Å². The van der Waals surface area contributed by atoms with Gasteiger partial charge in [0.05, 0.1) is 4.88 Å². The Labute approximate surface area is 122 Å². The van der Waals surface area contributed by atoms with Gasteiger partial charge in [0.1, 0.15) is 0 Å². The van der Waals surface area contributed by atoms with E-state index in [2.05, 4.69) is 10.3 Å². The number of benzene rings is 1. The van der Waals surface area contributed by atoms with Gasteiger partial charge in [0.2, 0.25) is 0 Å². The number of piperidine rings is 1. The molecule has 0 saturated carbocycles. The smallest absolute Gasteiger partial charge is 0.323 e. The number of anilines is 1. The van der Waals surface area contributed by atoms with Crippen LogP contribution in [0.2, 0.25) is 0 Å². The minimum atomic E-state index is -0.0290. The Balaban J connectivity index is 1.66. The molecule has 2 amide bonds. The quantitative estimate of drug-likeness (QED) is 0.912. The number of carbonyl (C=O) groups excluding carboxylic acids is 1. The number of urea groups is 1. The van der Waals surface area contributed by atoms with Gasteiger partial charge >= 0.3 is 6.03 Å². The van der Waals surface area contributed by atoms with Gasteiger partial charge in [-0.2, -0.15) is 0 Å². The summed E-state index contributed by atoms with van der Waals surface area (Å²) in [5, 5.41) is 3.56. The maximum Gasteiger partial charge on any atom is 0.323 e. The number of carbonyl (C=O) groups is 1. The molecule has 1 saturated heterocycles. The van der Waals surface area contributed by atoms with Crippen LogP contribution in [0.15, 0.2) is 36.5 Å². The maximum absolute atomic E-state index is 12.1. The molecule has 1 N–H and O–H groups in total. The molecule has 5 heteroatoms. The van der Waals surface area contributed by atoms with E-state index in [-0.39, 0.29) is 6.03 Å². The van der Waals surface area contributed by atoms with Crippen LogP contribution in [0.4, 0.5) is 9.93 Å². The molecule has 1 fully saturated rings. The van der Waals surface area contributed by atoms with Gasteiger partial charge in [-0.25, -0.2) is 9.78 Å². The van der Waals surface area contributed by atoms with Crippen molar-refractivity contribution in [2.45, 2.75) is 19.3 Å². The zero-order valence-electron chi connectivity index (χ0n) is 11.2. The van der Waals surface area contributed by atoms with Crippen molar-refractivity contribution in [1.82, 2.24) is 9.88 Å². The van der Waals surface area contributed by atoms with Gasteiger partial charge in [-0.3, -0.25) is 5.32 Å². The van der Waals surface area contributed by atoms with Crippen LogP contribution < -0.4 is 5.32 Å². The van der Waals surface area contributed by atoms with Crippen molar-refractivity contribution in [3.05, 3.63) is 36.5 Å². The summed E-state index contributed by atoms with van der Waals surface area (Å²) < 4.78 is 0. The number of hydrogen-bond acceptors (Lipinski definition) is 3. The molecule has 104 valence electrons. The summed E-state index contributed by atoms with van der Waals surface area (Å²) in [5.74, 6) is 0. The van der Waals surface area contributed by atoms with Gasteiger partial charge in [0.25, 0.3) is 0 Å². The zero-order valence-corrected chi connectivity index (χ0v) is 12.0. The van der Waals surface area contributed by atoms with E-state index in [0.29, 0.717) is 5.13 Å². The van der Waals surface area contributed by atoms with Crippen LogP contribution in [-0.2, 0) is 0 Å². The fraction of sp³-hybridized carbons (Fsp3) is 0.333. The molecule has 3 rings (SSSR count). The summed E-state index contributed by atoms with van der Waals surface area (Å²) in [6.45, 7) is 1.70. The molecule has 0 radical (unpaired) electrons. The van der Waals surface area contributed by atoms with Crippen LogP contribution in [0.3, 0.4) is 0 Å². The number of nitrogens with one attached hydrogen (secondary N) is 1. The van der Waals surface area contributed by atoms with E-state index >= 15 is 0 Å². The Morgan fingerprint density at radius 1 is 1.15 bits per heavy atom. The number of amides is 2. The Kier molecular flexibility index (Phi) is 3.97. The number of thiazole rings is 1. The first-order chi connectivity index (χ1) is 9.83. The molecule has 1 aromatic carbocycles. The summed E-state index contributed by atoms with van der Waals surface area (Å²) in [6.07, 6.45) is 5.23. The fourth-order valence-electron chi connectivity index (χ4n) is 2.34. The summed E-state index contributed by atoms with van der Waals surface area (Å²) in [4.78, 5) is 19.3. The third kappa shape index (κ3) is 2.99.